The normalized spacial score (nSPS) is 23.6. The van der Waals surface area contributed by atoms with E-state index in [9.17, 15) is 4.79 Å². The van der Waals surface area contributed by atoms with Crippen LogP contribution < -0.4 is 5.32 Å². The quantitative estimate of drug-likeness (QED) is 0.524. The lowest BCUT2D eigenvalue weighted by Crippen LogP contribution is -2.55. The summed E-state index contributed by atoms with van der Waals surface area (Å²) in [5.74, 6) is 0.438. The molecule has 0 aliphatic carbocycles. The van der Waals surface area contributed by atoms with E-state index >= 15 is 0 Å². The highest BCUT2D eigenvalue weighted by atomic mass is 35.5. The molecule has 1 saturated heterocycles. The lowest BCUT2D eigenvalue weighted by atomic mass is 10.0. The van der Waals surface area contributed by atoms with Crippen molar-refractivity contribution in [1.29, 1.82) is 0 Å². The Morgan fingerprint density at radius 3 is 2.68 bits per heavy atom. The lowest BCUT2D eigenvalue weighted by molar-refractivity contribution is -0.117. The van der Waals surface area contributed by atoms with Crippen molar-refractivity contribution in [2.75, 3.05) is 26.7 Å². The summed E-state index contributed by atoms with van der Waals surface area (Å²) in [4.78, 5) is 19.0. The molecule has 0 aromatic rings. The number of rotatable bonds is 8. The number of halogens is 1. The first kappa shape index (κ1) is 22.1. The first-order chi connectivity index (χ1) is 11.7. The van der Waals surface area contributed by atoms with Gasteiger partial charge in [-0.1, -0.05) is 32.4 Å². The second kappa shape index (κ2) is 10.9. The number of amides is 1. The molecule has 1 aliphatic heterocycles. The molecule has 1 heterocycles. The van der Waals surface area contributed by atoms with E-state index in [4.69, 9.17) is 16.3 Å². The monoisotopic (exact) mass is 371 g/mol. The van der Waals surface area contributed by atoms with E-state index in [2.05, 4.69) is 36.1 Å². The van der Waals surface area contributed by atoms with Gasteiger partial charge in [-0.15, -0.1) is 0 Å². The molecule has 144 valence electrons. The Morgan fingerprint density at radius 1 is 1.40 bits per heavy atom. The fraction of sp³-hybridized carbons (Fsp3) is 0.789. The Hall–Kier alpha value is -0.910. The molecule has 0 aromatic carbocycles. The summed E-state index contributed by atoms with van der Waals surface area (Å²) in [6.07, 6.45) is 2.73. The molecule has 0 spiro atoms. The van der Waals surface area contributed by atoms with Gasteiger partial charge in [-0.2, -0.15) is 0 Å². The van der Waals surface area contributed by atoms with E-state index in [0.29, 0.717) is 16.8 Å². The second-order valence-corrected chi connectivity index (χ2v) is 7.70. The van der Waals surface area contributed by atoms with E-state index in [1.54, 1.807) is 6.92 Å². The van der Waals surface area contributed by atoms with Gasteiger partial charge in [-0.3, -0.25) is 4.79 Å². The van der Waals surface area contributed by atoms with Crippen LogP contribution in [-0.4, -0.2) is 55.4 Å². The van der Waals surface area contributed by atoms with E-state index in [-0.39, 0.29) is 18.1 Å². The van der Waals surface area contributed by atoms with Crippen LogP contribution in [0, 0.1) is 5.92 Å². The molecular weight excluding hydrogens is 338 g/mol. The van der Waals surface area contributed by atoms with Crippen LogP contribution in [-0.2, 0) is 9.53 Å². The number of ether oxygens (including phenoxy) is 1. The molecule has 1 N–H and O–H groups in total. The van der Waals surface area contributed by atoms with Crippen LogP contribution in [0.4, 0.5) is 0 Å². The molecule has 1 aliphatic rings. The van der Waals surface area contributed by atoms with Crippen LogP contribution in [0.5, 0.6) is 0 Å². The van der Waals surface area contributed by atoms with Crippen LogP contribution in [0.15, 0.2) is 15.7 Å². The molecule has 0 bridgehead atoms. The van der Waals surface area contributed by atoms with Gasteiger partial charge in [0, 0.05) is 13.2 Å². The van der Waals surface area contributed by atoms with Crippen molar-refractivity contribution >= 4 is 23.2 Å². The SMILES string of the molecule is CC/C(C)=C(Cl)/N=C(\C)C(=O)N[C@@H]1CCN(C)C[C@@H]1OCCC(C)C. The Morgan fingerprint density at radius 2 is 2.08 bits per heavy atom. The van der Waals surface area contributed by atoms with Gasteiger partial charge in [-0.25, -0.2) is 4.99 Å². The number of nitrogens with zero attached hydrogens (tertiary/aromatic N) is 2. The number of carbonyl (C=O) groups excluding carboxylic acids is 1. The fourth-order valence-electron chi connectivity index (χ4n) is 2.57. The average Bonchev–Trinajstić information content (AvgIpc) is 2.55. The third kappa shape index (κ3) is 7.89. The first-order valence-electron chi connectivity index (χ1n) is 9.26. The Balaban J connectivity index is 2.69. The zero-order valence-corrected chi connectivity index (χ0v) is 17.3. The molecule has 6 heteroatoms. The van der Waals surface area contributed by atoms with Gasteiger partial charge < -0.3 is 15.0 Å². The average molecular weight is 372 g/mol. The Labute approximate surface area is 157 Å². The van der Waals surface area contributed by atoms with Gasteiger partial charge in [0.25, 0.3) is 5.91 Å². The third-order valence-electron chi connectivity index (χ3n) is 4.58. The van der Waals surface area contributed by atoms with E-state index in [1.807, 2.05) is 13.8 Å². The van der Waals surface area contributed by atoms with E-state index < -0.39 is 0 Å². The molecule has 0 radical (unpaired) electrons. The summed E-state index contributed by atoms with van der Waals surface area (Å²) in [6, 6.07) is 0.0102. The van der Waals surface area contributed by atoms with Crippen molar-refractivity contribution in [3.8, 4) is 0 Å². The molecule has 5 nitrogen and oxygen atoms in total. The summed E-state index contributed by atoms with van der Waals surface area (Å²) in [5, 5.41) is 3.49. The molecular formula is C19H34ClN3O2. The molecule has 1 rings (SSSR count). The minimum absolute atomic E-state index is 0.0102. The summed E-state index contributed by atoms with van der Waals surface area (Å²) < 4.78 is 6.06. The molecule has 2 atom stereocenters. The minimum Gasteiger partial charge on any atom is -0.375 e. The van der Waals surface area contributed by atoms with Crippen molar-refractivity contribution in [2.45, 2.75) is 66.0 Å². The van der Waals surface area contributed by atoms with Crippen molar-refractivity contribution in [1.82, 2.24) is 10.2 Å². The van der Waals surface area contributed by atoms with Crippen LogP contribution in [0.3, 0.4) is 0 Å². The lowest BCUT2D eigenvalue weighted by Gasteiger charge is -2.37. The molecule has 0 saturated carbocycles. The predicted molar refractivity (Wildman–Crippen MR) is 105 cm³/mol. The summed E-state index contributed by atoms with van der Waals surface area (Å²) in [5.41, 5.74) is 1.36. The maximum Gasteiger partial charge on any atom is 0.265 e. The third-order valence-corrected chi connectivity index (χ3v) is 4.99. The van der Waals surface area contributed by atoms with E-state index in [0.717, 1.165) is 44.5 Å². The predicted octanol–water partition coefficient (Wildman–Crippen LogP) is 3.58. The number of nitrogens with one attached hydrogen (secondary N) is 1. The van der Waals surface area contributed by atoms with Crippen LogP contribution in [0.25, 0.3) is 0 Å². The molecule has 25 heavy (non-hydrogen) atoms. The molecule has 1 amide bonds. The summed E-state index contributed by atoms with van der Waals surface area (Å²) in [6.45, 7) is 12.5. The number of likely N-dealkylation sites (N-methyl/N-ethyl adjacent to an activating group) is 1. The van der Waals surface area contributed by atoms with Gasteiger partial charge >= 0.3 is 0 Å². The van der Waals surface area contributed by atoms with Gasteiger partial charge in [0.2, 0.25) is 0 Å². The first-order valence-corrected chi connectivity index (χ1v) is 9.63. The zero-order valence-electron chi connectivity index (χ0n) is 16.6. The topological polar surface area (TPSA) is 53.9 Å². The fourth-order valence-corrected chi connectivity index (χ4v) is 2.83. The standard InChI is InChI=1S/C19H34ClN3O2/c1-7-14(4)18(20)21-15(5)19(24)22-16-8-10-23(6)12-17(16)25-11-9-13(2)3/h13,16-17H,7-12H2,1-6H3,(H,22,24)/b18-14+,21-15+/t16-,17+/m1/s1. The Kier molecular flexibility index (Phi) is 9.69. The number of allylic oxidation sites excluding steroid dienone is 1. The Bertz CT molecular complexity index is 503. The van der Waals surface area contributed by atoms with Crippen LogP contribution in [0.1, 0.15) is 53.9 Å². The minimum atomic E-state index is -0.172. The number of hydrogen-bond acceptors (Lipinski definition) is 4. The van der Waals surface area contributed by atoms with Gasteiger partial charge in [0.15, 0.2) is 0 Å². The largest absolute Gasteiger partial charge is 0.375 e. The second-order valence-electron chi connectivity index (χ2n) is 7.34. The van der Waals surface area contributed by atoms with Crippen LogP contribution >= 0.6 is 11.6 Å². The number of hydrogen-bond donors (Lipinski definition) is 1. The zero-order chi connectivity index (χ0) is 19.0. The maximum absolute atomic E-state index is 12.5. The highest BCUT2D eigenvalue weighted by molar-refractivity contribution is 6.40. The highest BCUT2D eigenvalue weighted by Crippen LogP contribution is 2.16. The smallest absolute Gasteiger partial charge is 0.265 e. The van der Waals surface area contributed by atoms with Gasteiger partial charge in [0.05, 0.1) is 12.1 Å². The number of aliphatic imine (C=N–C) groups is 1. The van der Waals surface area contributed by atoms with Gasteiger partial charge in [-0.05, 0) is 58.2 Å². The molecule has 1 fully saturated rings. The van der Waals surface area contributed by atoms with Crippen molar-refractivity contribution in [3.05, 3.63) is 10.7 Å². The highest BCUT2D eigenvalue weighted by Gasteiger charge is 2.30. The number of piperidine rings is 1. The van der Waals surface area contributed by atoms with Crippen LogP contribution in [0.2, 0.25) is 0 Å². The molecule has 0 unspecified atom stereocenters. The number of likely N-dealkylation sites (tertiary alicyclic amines) is 1. The van der Waals surface area contributed by atoms with Crippen molar-refractivity contribution in [3.63, 3.8) is 0 Å². The number of carbonyl (C=O) groups is 1. The van der Waals surface area contributed by atoms with Crippen molar-refractivity contribution in [2.24, 2.45) is 10.9 Å². The maximum atomic E-state index is 12.5. The molecule has 0 aromatic heterocycles. The van der Waals surface area contributed by atoms with E-state index in [1.165, 1.54) is 0 Å². The summed E-state index contributed by atoms with van der Waals surface area (Å²) in [7, 11) is 2.08. The van der Waals surface area contributed by atoms with Crippen molar-refractivity contribution < 1.29 is 9.53 Å². The summed E-state index contributed by atoms with van der Waals surface area (Å²) >= 11 is 6.14. The van der Waals surface area contributed by atoms with Gasteiger partial charge in [0.1, 0.15) is 10.9 Å².